The van der Waals surface area contributed by atoms with Crippen LogP contribution in [0.25, 0.3) is 0 Å². The van der Waals surface area contributed by atoms with Crippen LogP contribution in [0.3, 0.4) is 0 Å². The van der Waals surface area contributed by atoms with Crippen LogP contribution in [0.2, 0.25) is 5.02 Å². The van der Waals surface area contributed by atoms with E-state index < -0.39 is 5.82 Å². The highest BCUT2D eigenvalue weighted by Crippen LogP contribution is 2.34. The number of aromatic nitrogens is 2. The van der Waals surface area contributed by atoms with Crippen molar-refractivity contribution < 1.29 is 23.4 Å². The molecular formula is C22H23ClFN5O4. The van der Waals surface area contributed by atoms with Gasteiger partial charge in [0, 0.05) is 24.9 Å². The SMILES string of the molecule is CC(C)OC(=O)N1CC2COCC(C1)C2Oc1ncnc(Nc2ccc(C#N)cc2Cl)c1F. The maximum Gasteiger partial charge on any atom is 0.410 e. The van der Waals surface area contributed by atoms with Gasteiger partial charge in [0.25, 0.3) is 5.88 Å². The largest absolute Gasteiger partial charge is 0.471 e. The van der Waals surface area contributed by atoms with Crippen LogP contribution >= 0.6 is 11.6 Å². The number of amides is 1. The van der Waals surface area contributed by atoms with Crippen molar-refractivity contribution in [2.24, 2.45) is 11.8 Å². The molecule has 33 heavy (non-hydrogen) atoms. The van der Waals surface area contributed by atoms with Crippen molar-refractivity contribution in [3.8, 4) is 11.9 Å². The Morgan fingerprint density at radius 3 is 2.70 bits per heavy atom. The molecule has 4 rings (SSSR count). The Kier molecular flexibility index (Phi) is 6.81. The highest BCUT2D eigenvalue weighted by Gasteiger charge is 2.44. The topological polar surface area (TPSA) is 110 Å². The molecule has 0 radical (unpaired) electrons. The molecular weight excluding hydrogens is 453 g/mol. The van der Waals surface area contributed by atoms with Gasteiger partial charge in [-0.3, -0.25) is 0 Å². The van der Waals surface area contributed by atoms with Gasteiger partial charge in [0.15, 0.2) is 5.82 Å². The Hall–Kier alpha value is -3.16. The van der Waals surface area contributed by atoms with Crippen molar-refractivity contribution >= 4 is 29.2 Å². The molecule has 0 aliphatic carbocycles. The van der Waals surface area contributed by atoms with Crippen LogP contribution in [0.1, 0.15) is 19.4 Å². The Labute approximate surface area is 195 Å². The van der Waals surface area contributed by atoms with Gasteiger partial charge in [-0.05, 0) is 32.0 Å². The minimum atomic E-state index is -0.765. The minimum Gasteiger partial charge on any atom is -0.471 e. The van der Waals surface area contributed by atoms with Gasteiger partial charge < -0.3 is 24.4 Å². The second-order valence-electron chi connectivity index (χ2n) is 8.25. The molecule has 2 aromatic rings. The Bertz CT molecular complexity index is 1070. The molecule has 2 aliphatic heterocycles. The number of ether oxygens (including phenoxy) is 3. The Morgan fingerprint density at radius 1 is 1.33 bits per heavy atom. The van der Waals surface area contributed by atoms with Crippen LogP contribution in [-0.4, -0.2) is 59.5 Å². The van der Waals surface area contributed by atoms with Gasteiger partial charge in [0.1, 0.15) is 12.4 Å². The zero-order valence-corrected chi connectivity index (χ0v) is 18.9. The number of benzene rings is 1. The van der Waals surface area contributed by atoms with Gasteiger partial charge in [0.2, 0.25) is 5.82 Å². The van der Waals surface area contributed by atoms with Crippen molar-refractivity contribution in [1.82, 2.24) is 14.9 Å². The summed E-state index contributed by atoms with van der Waals surface area (Å²) < 4.78 is 32.2. The number of likely N-dealkylation sites (tertiary alicyclic amines) is 1. The summed E-state index contributed by atoms with van der Waals surface area (Å²) in [6.07, 6.45) is 0.227. The van der Waals surface area contributed by atoms with Crippen molar-refractivity contribution in [2.75, 3.05) is 31.6 Å². The lowest BCUT2D eigenvalue weighted by atomic mass is 9.84. The van der Waals surface area contributed by atoms with Gasteiger partial charge in [-0.25, -0.2) is 9.78 Å². The van der Waals surface area contributed by atoms with E-state index in [0.29, 0.717) is 37.6 Å². The summed E-state index contributed by atoms with van der Waals surface area (Å²) in [6, 6.07) is 6.59. The molecule has 2 fully saturated rings. The number of nitrogens with one attached hydrogen (secondary N) is 1. The van der Waals surface area contributed by atoms with Crippen LogP contribution in [0.5, 0.6) is 5.88 Å². The van der Waals surface area contributed by atoms with Crippen LogP contribution < -0.4 is 10.1 Å². The smallest absolute Gasteiger partial charge is 0.410 e. The average molecular weight is 476 g/mol. The average Bonchev–Trinajstić information content (AvgIpc) is 2.76. The van der Waals surface area contributed by atoms with Crippen molar-refractivity contribution in [2.45, 2.75) is 26.1 Å². The van der Waals surface area contributed by atoms with Crippen LogP contribution in [0.4, 0.5) is 20.7 Å². The minimum absolute atomic E-state index is 0.106. The molecule has 2 bridgehead atoms. The lowest BCUT2D eigenvalue weighted by molar-refractivity contribution is -0.111. The molecule has 1 aromatic carbocycles. The molecule has 11 heteroatoms. The van der Waals surface area contributed by atoms with E-state index in [-0.39, 0.29) is 46.9 Å². The number of fused-ring (bicyclic) bond motifs is 2. The summed E-state index contributed by atoms with van der Waals surface area (Å²) in [7, 11) is 0. The molecule has 3 heterocycles. The number of nitrogens with zero attached hydrogens (tertiary/aromatic N) is 4. The fourth-order valence-corrected chi connectivity index (χ4v) is 4.21. The molecule has 9 nitrogen and oxygen atoms in total. The summed E-state index contributed by atoms with van der Waals surface area (Å²) in [6.45, 7) is 5.12. The van der Waals surface area contributed by atoms with E-state index in [1.165, 1.54) is 12.4 Å². The van der Waals surface area contributed by atoms with E-state index in [1.807, 2.05) is 6.07 Å². The van der Waals surface area contributed by atoms with Gasteiger partial charge in [-0.2, -0.15) is 14.6 Å². The highest BCUT2D eigenvalue weighted by atomic mass is 35.5. The molecule has 174 valence electrons. The first kappa shape index (κ1) is 23.0. The van der Waals surface area contributed by atoms with Gasteiger partial charge >= 0.3 is 6.09 Å². The first-order valence-electron chi connectivity index (χ1n) is 10.5. The third-order valence-electron chi connectivity index (χ3n) is 5.45. The summed E-state index contributed by atoms with van der Waals surface area (Å²) in [4.78, 5) is 21.9. The van der Waals surface area contributed by atoms with Gasteiger partial charge in [-0.1, -0.05) is 11.6 Å². The van der Waals surface area contributed by atoms with Crippen molar-refractivity contribution in [1.29, 1.82) is 5.26 Å². The van der Waals surface area contributed by atoms with E-state index in [0.717, 1.165) is 0 Å². The molecule has 1 amide bonds. The second-order valence-corrected chi connectivity index (χ2v) is 8.66. The zero-order chi connectivity index (χ0) is 23.5. The molecule has 1 N–H and O–H groups in total. The van der Waals surface area contributed by atoms with E-state index in [2.05, 4.69) is 15.3 Å². The Morgan fingerprint density at radius 2 is 2.06 bits per heavy atom. The molecule has 2 unspecified atom stereocenters. The maximum atomic E-state index is 15.2. The summed E-state index contributed by atoms with van der Waals surface area (Å²) in [5.74, 6) is -1.38. The number of rotatable bonds is 5. The Balaban J connectivity index is 1.49. The predicted molar refractivity (Wildman–Crippen MR) is 117 cm³/mol. The second kappa shape index (κ2) is 9.77. The summed E-state index contributed by atoms with van der Waals surface area (Å²) in [5, 5.41) is 12.0. The van der Waals surface area contributed by atoms with Gasteiger partial charge in [0.05, 0.1) is 41.7 Å². The highest BCUT2D eigenvalue weighted by molar-refractivity contribution is 6.33. The third kappa shape index (κ3) is 5.10. The lowest BCUT2D eigenvalue weighted by Crippen LogP contribution is -2.59. The summed E-state index contributed by atoms with van der Waals surface area (Å²) in [5.41, 5.74) is 0.775. The number of carbonyl (C=O) groups excluding carboxylic acids is 1. The molecule has 0 spiro atoms. The normalized spacial score (nSPS) is 21.9. The van der Waals surface area contributed by atoms with Crippen LogP contribution in [0, 0.1) is 29.0 Å². The third-order valence-corrected chi connectivity index (χ3v) is 5.77. The zero-order valence-electron chi connectivity index (χ0n) is 18.1. The first-order chi connectivity index (χ1) is 15.9. The molecule has 2 aliphatic rings. The van der Waals surface area contributed by atoms with E-state index in [9.17, 15) is 4.79 Å². The number of halogens is 2. The number of carbonyl (C=O) groups is 1. The van der Waals surface area contributed by atoms with Crippen molar-refractivity contribution in [3.05, 3.63) is 40.9 Å². The number of piperidine rings is 1. The maximum absolute atomic E-state index is 15.2. The fraction of sp³-hybridized carbons (Fsp3) is 0.455. The lowest BCUT2D eigenvalue weighted by Gasteiger charge is -2.45. The van der Waals surface area contributed by atoms with E-state index in [1.54, 1.807) is 30.9 Å². The molecule has 2 atom stereocenters. The van der Waals surface area contributed by atoms with Crippen LogP contribution in [0.15, 0.2) is 24.5 Å². The fourth-order valence-electron chi connectivity index (χ4n) is 3.98. The van der Waals surface area contributed by atoms with E-state index in [4.69, 9.17) is 31.1 Å². The van der Waals surface area contributed by atoms with E-state index >= 15 is 4.39 Å². The monoisotopic (exact) mass is 475 g/mol. The van der Waals surface area contributed by atoms with Gasteiger partial charge in [-0.15, -0.1) is 0 Å². The number of hydrogen-bond acceptors (Lipinski definition) is 8. The first-order valence-corrected chi connectivity index (χ1v) is 10.9. The number of anilines is 2. The number of nitriles is 1. The molecule has 2 saturated heterocycles. The summed E-state index contributed by atoms with van der Waals surface area (Å²) >= 11 is 6.17. The van der Waals surface area contributed by atoms with Crippen LogP contribution in [-0.2, 0) is 9.47 Å². The molecule has 0 saturated carbocycles. The van der Waals surface area contributed by atoms with Crippen molar-refractivity contribution in [3.63, 3.8) is 0 Å². The molecule has 1 aromatic heterocycles. The predicted octanol–water partition coefficient (Wildman–Crippen LogP) is 3.75. The number of hydrogen-bond donors (Lipinski definition) is 1. The quantitative estimate of drug-likeness (QED) is 0.696. The standard InChI is InChI=1S/C22H23ClFN5O4/c1-12(2)32-22(30)29-7-14-9-31-10-15(8-29)19(14)33-21-18(24)20(26-11-27-21)28-17-4-3-13(6-25)5-16(17)23/h3-5,11-12,14-15,19H,7-10H2,1-2H3,(H,26,27,28).